The first-order valence-corrected chi connectivity index (χ1v) is 8.90. The Morgan fingerprint density at radius 3 is 2.96 bits per heavy atom. The fourth-order valence-electron chi connectivity index (χ4n) is 2.96. The van der Waals surface area contributed by atoms with E-state index in [4.69, 9.17) is 9.47 Å². The average Bonchev–Trinajstić information content (AvgIpc) is 2.83. The molecule has 0 saturated heterocycles. The summed E-state index contributed by atoms with van der Waals surface area (Å²) < 4.78 is 27.3. The second-order valence-electron chi connectivity index (χ2n) is 6.11. The molecule has 0 aliphatic carbocycles. The molecule has 0 radical (unpaired) electrons. The molecule has 0 bridgehead atoms. The zero-order chi connectivity index (χ0) is 18.7. The summed E-state index contributed by atoms with van der Waals surface area (Å²) in [5.74, 6) is -0.515. The van der Waals surface area contributed by atoms with E-state index in [0.717, 1.165) is 12.8 Å². The van der Waals surface area contributed by atoms with Crippen LogP contribution >= 0.6 is 0 Å². The molecule has 1 atom stereocenters. The molecule has 2 aromatic heterocycles. The molecule has 3 heterocycles. The summed E-state index contributed by atoms with van der Waals surface area (Å²) in [7, 11) is 0. The van der Waals surface area contributed by atoms with Crippen molar-refractivity contribution in [3.8, 4) is 17.1 Å². The second-order valence-corrected chi connectivity index (χ2v) is 6.11. The summed E-state index contributed by atoms with van der Waals surface area (Å²) in [6, 6.07) is 3.22. The maximum absolute atomic E-state index is 14.6. The Hall–Kier alpha value is -2.64. The minimum Gasteiger partial charge on any atom is -0.474 e. The number of esters is 1. The summed E-state index contributed by atoms with van der Waals surface area (Å²) in [5.41, 5.74) is 0.490. The van der Waals surface area contributed by atoms with Gasteiger partial charge in [0.1, 0.15) is 17.1 Å². The fraction of sp³-hybridized carbons (Fsp3) is 0.500. The number of hydrogen-bond acceptors (Lipinski definition) is 6. The van der Waals surface area contributed by atoms with E-state index in [0.29, 0.717) is 24.8 Å². The molecule has 0 fully saturated rings. The van der Waals surface area contributed by atoms with Crippen LogP contribution in [0.25, 0.3) is 11.3 Å². The lowest BCUT2D eigenvalue weighted by Crippen LogP contribution is -2.14. The molecule has 3 rings (SSSR count). The molecule has 0 saturated carbocycles. The molecule has 1 N–H and O–H groups in total. The van der Waals surface area contributed by atoms with Gasteiger partial charge in [0.05, 0.1) is 18.3 Å². The Bertz CT molecular complexity index is 806. The van der Waals surface area contributed by atoms with Gasteiger partial charge >= 0.3 is 5.97 Å². The van der Waals surface area contributed by atoms with Gasteiger partial charge in [0.15, 0.2) is 0 Å². The van der Waals surface area contributed by atoms with Crippen molar-refractivity contribution >= 4 is 11.8 Å². The number of nitrogens with zero attached hydrogens (tertiary/aromatic N) is 3. The van der Waals surface area contributed by atoms with Gasteiger partial charge in [0.2, 0.25) is 11.8 Å². The van der Waals surface area contributed by atoms with Crippen LogP contribution in [0.2, 0.25) is 0 Å². The lowest BCUT2D eigenvalue weighted by atomic mass is 10.1. The third-order valence-corrected chi connectivity index (χ3v) is 4.14. The highest BCUT2D eigenvalue weighted by Gasteiger charge is 2.31. The first kappa shape index (κ1) is 18.2. The fourth-order valence-corrected chi connectivity index (χ4v) is 2.96. The van der Waals surface area contributed by atoms with Gasteiger partial charge in [-0.1, -0.05) is 0 Å². The third-order valence-electron chi connectivity index (χ3n) is 4.14. The zero-order valence-electron chi connectivity index (χ0n) is 15.2. The number of aromatic nitrogens is 3. The highest BCUT2D eigenvalue weighted by Crippen LogP contribution is 2.35. The molecule has 0 aromatic carbocycles. The van der Waals surface area contributed by atoms with Crippen LogP contribution in [0.4, 0.5) is 10.2 Å². The highest BCUT2D eigenvalue weighted by molar-refractivity contribution is 5.98. The molecular weight excluding hydrogens is 339 g/mol. The number of pyridine rings is 1. The van der Waals surface area contributed by atoms with Crippen molar-refractivity contribution < 1.29 is 18.7 Å². The summed E-state index contributed by atoms with van der Waals surface area (Å²) in [4.78, 5) is 16.5. The Morgan fingerprint density at radius 2 is 2.27 bits per heavy atom. The number of nitrogens with one attached hydrogen (secondary N) is 1. The van der Waals surface area contributed by atoms with Crippen molar-refractivity contribution in [1.29, 1.82) is 0 Å². The summed E-state index contributed by atoms with van der Waals surface area (Å²) >= 11 is 0. The maximum Gasteiger partial charge on any atom is 0.345 e. The Labute approximate surface area is 151 Å². The second kappa shape index (κ2) is 7.72. The molecule has 7 nitrogen and oxygen atoms in total. The van der Waals surface area contributed by atoms with Crippen molar-refractivity contribution in [2.24, 2.45) is 0 Å². The van der Waals surface area contributed by atoms with Crippen molar-refractivity contribution in [3.63, 3.8) is 0 Å². The van der Waals surface area contributed by atoms with E-state index in [-0.39, 0.29) is 29.5 Å². The smallest absolute Gasteiger partial charge is 0.345 e. The van der Waals surface area contributed by atoms with E-state index in [1.807, 2.05) is 13.8 Å². The predicted octanol–water partition coefficient (Wildman–Crippen LogP) is 3.25. The van der Waals surface area contributed by atoms with Gasteiger partial charge in [-0.25, -0.2) is 14.5 Å². The van der Waals surface area contributed by atoms with Crippen molar-refractivity contribution in [2.75, 3.05) is 18.5 Å². The van der Waals surface area contributed by atoms with Crippen LogP contribution < -0.4 is 10.1 Å². The normalized spacial score (nSPS) is 16.4. The van der Waals surface area contributed by atoms with E-state index >= 15 is 0 Å². The van der Waals surface area contributed by atoms with Crippen molar-refractivity contribution in [3.05, 3.63) is 23.6 Å². The first-order valence-electron chi connectivity index (χ1n) is 8.90. The minimum absolute atomic E-state index is 0.0620. The standard InChI is InChI=1S/C18H23FN4O3/c1-4-20-13-9-8-12(16(19)21-13)15-14(18(24)25-5-2)17-23(22-15)10-6-7-11(3)26-17/h8-9,11H,4-7,10H2,1-3H3,(H,20,21). The van der Waals surface area contributed by atoms with Gasteiger partial charge in [-0.15, -0.1) is 0 Å². The number of hydrogen-bond donors (Lipinski definition) is 1. The number of carbonyl (C=O) groups is 1. The Kier molecular flexibility index (Phi) is 5.39. The molecule has 26 heavy (non-hydrogen) atoms. The molecule has 8 heteroatoms. The maximum atomic E-state index is 14.6. The summed E-state index contributed by atoms with van der Waals surface area (Å²) in [5, 5.41) is 7.40. The number of halogens is 1. The van der Waals surface area contributed by atoms with E-state index < -0.39 is 11.9 Å². The topological polar surface area (TPSA) is 78.3 Å². The first-order chi connectivity index (χ1) is 12.5. The van der Waals surface area contributed by atoms with E-state index in [1.54, 1.807) is 23.7 Å². The minimum atomic E-state index is -0.699. The lowest BCUT2D eigenvalue weighted by Gasteiger charge is -2.12. The van der Waals surface area contributed by atoms with Crippen molar-refractivity contribution in [1.82, 2.24) is 14.8 Å². The van der Waals surface area contributed by atoms with E-state index in [1.165, 1.54) is 0 Å². The predicted molar refractivity (Wildman–Crippen MR) is 94.9 cm³/mol. The molecular formula is C18H23FN4O3. The summed E-state index contributed by atoms with van der Waals surface area (Å²) in [6.07, 6.45) is 1.65. The molecule has 2 aromatic rings. The van der Waals surface area contributed by atoms with Crippen LogP contribution in [0.1, 0.15) is 44.0 Å². The molecule has 140 valence electrons. The molecule has 1 unspecified atom stereocenters. The molecule has 1 aliphatic rings. The van der Waals surface area contributed by atoms with Crippen LogP contribution in [0, 0.1) is 5.95 Å². The van der Waals surface area contributed by atoms with Gasteiger partial charge in [-0.2, -0.15) is 9.49 Å². The monoisotopic (exact) mass is 362 g/mol. The van der Waals surface area contributed by atoms with E-state index in [9.17, 15) is 9.18 Å². The highest BCUT2D eigenvalue weighted by atomic mass is 19.1. The van der Waals surface area contributed by atoms with Gasteiger partial charge < -0.3 is 14.8 Å². The molecule has 0 spiro atoms. The average molecular weight is 362 g/mol. The number of ether oxygens (including phenoxy) is 2. The van der Waals surface area contributed by atoms with Gasteiger partial charge in [-0.05, 0) is 45.7 Å². The Balaban J connectivity index is 2.12. The van der Waals surface area contributed by atoms with Gasteiger partial charge in [-0.3, -0.25) is 0 Å². The summed E-state index contributed by atoms with van der Waals surface area (Å²) in [6.45, 7) is 6.98. The largest absolute Gasteiger partial charge is 0.474 e. The van der Waals surface area contributed by atoms with Crippen LogP contribution in [0.5, 0.6) is 5.88 Å². The lowest BCUT2D eigenvalue weighted by molar-refractivity contribution is 0.0520. The number of carbonyl (C=O) groups excluding carboxylic acids is 1. The van der Waals surface area contributed by atoms with Gasteiger partial charge in [0.25, 0.3) is 0 Å². The van der Waals surface area contributed by atoms with Gasteiger partial charge in [0, 0.05) is 13.1 Å². The zero-order valence-corrected chi connectivity index (χ0v) is 15.2. The number of rotatable bonds is 5. The van der Waals surface area contributed by atoms with Crippen LogP contribution in [-0.4, -0.2) is 40.0 Å². The van der Waals surface area contributed by atoms with Crippen LogP contribution in [0.3, 0.4) is 0 Å². The van der Waals surface area contributed by atoms with E-state index in [2.05, 4.69) is 15.4 Å². The van der Waals surface area contributed by atoms with Crippen LogP contribution in [0.15, 0.2) is 12.1 Å². The third kappa shape index (κ3) is 3.49. The van der Waals surface area contributed by atoms with Crippen molar-refractivity contribution in [2.45, 2.75) is 46.3 Å². The number of anilines is 1. The number of fused-ring (bicyclic) bond motifs is 1. The molecule has 1 aliphatic heterocycles. The van der Waals surface area contributed by atoms with Crippen LogP contribution in [-0.2, 0) is 11.3 Å². The Morgan fingerprint density at radius 1 is 1.46 bits per heavy atom. The quantitative estimate of drug-likeness (QED) is 0.650. The molecule has 0 amide bonds. The SMILES string of the molecule is CCNc1ccc(-c2nn3c(c2C(=O)OCC)OC(C)CCC3)c(F)n1. The number of aryl methyl sites for hydroxylation is 1.